The van der Waals surface area contributed by atoms with Gasteiger partial charge in [-0.15, -0.1) is 0 Å². The SMILES string of the molecule is CCc1nn(CC(F)(F)F)cc1-c1ccc(Cl)cc1. The fraction of sp³-hybridized carbons (Fsp3) is 0.308. The van der Waals surface area contributed by atoms with Gasteiger partial charge >= 0.3 is 6.18 Å². The van der Waals surface area contributed by atoms with Crippen molar-refractivity contribution in [3.8, 4) is 11.1 Å². The highest BCUT2D eigenvalue weighted by Gasteiger charge is 2.29. The van der Waals surface area contributed by atoms with Crippen LogP contribution in [0.4, 0.5) is 13.2 Å². The summed E-state index contributed by atoms with van der Waals surface area (Å²) >= 11 is 5.80. The van der Waals surface area contributed by atoms with E-state index < -0.39 is 12.7 Å². The highest BCUT2D eigenvalue weighted by atomic mass is 35.5. The molecule has 0 fully saturated rings. The van der Waals surface area contributed by atoms with E-state index >= 15 is 0 Å². The zero-order valence-electron chi connectivity index (χ0n) is 10.2. The number of benzene rings is 1. The molecule has 0 spiro atoms. The fourth-order valence-electron chi connectivity index (χ4n) is 1.86. The zero-order valence-corrected chi connectivity index (χ0v) is 11.0. The van der Waals surface area contributed by atoms with E-state index in [0.29, 0.717) is 22.7 Å². The lowest BCUT2D eigenvalue weighted by Gasteiger charge is -2.05. The van der Waals surface area contributed by atoms with Gasteiger partial charge in [-0.2, -0.15) is 18.3 Å². The summed E-state index contributed by atoms with van der Waals surface area (Å²) in [5, 5.41) is 4.56. The molecule has 1 aromatic carbocycles. The van der Waals surface area contributed by atoms with Crippen LogP contribution < -0.4 is 0 Å². The Morgan fingerprint density at radius 3 is 2.37 bits per heavy atom. The van der Waals surface area contributed by atoms with Gasteiger partial charge < -0.3 is 0 Å². The molecule has 0 saturated heterocycles. The first-order valence-corrected chi connectivity index (χ1v) is 6.16. The first kappa shape index (κ1) is 13.9. The third kappa shape index (κ3) is 3.50. The molecule has 0 aliphatic heterocycles. The molecule has 0 aliphatic rings. The van der Waals surface area contributed by atoms with Crippen LogP contribution in [-0.2, 0) is 13.0 Å². The predicted octanol–water partition coefficient (Wildman–Crippen LogP) is 4.33. The van der Waals surface area contributed by atoms with Gasteiger partial charge in [0.25, 0.3) is 0 Å². The molecule has 6 heteroatoms. The highest BCUT2D eigenvalue weighted by molar-refractivity contribution is 6.30. The number of alkyl halides is 3. The van der Waals surface area contributed by atoms with Crippen LogP contribution in [0.25, 0.3) is 11.1 Å². The zero-order chi connectivity index (χ0) is 14.0. The molecule has 1 aromatic heterocycles. The van der Waals surface area contributed by atoms with Crippen molar-refractivity contribution in [2.75, 3.05) is 0 Å². The Morgan fingerprint density at radius 2 is 1.84 bits per heavy atom. The standard InChI is InChI=1S/C13H12ClF3N2/c1-2-12-11(9-3-5-10(14)6-4-9)7-19(18-12)8-13(15,16)17/h3-7H,2,8H2,1H3. The Bertz CT molecular complexity index is 558. The van der Waals surface area contributed by atoms with Crippen molar-refractivity contribution < 1.29 is 13.2 Å². The summed E-state index contributed by atoms with van der Waals surface area (Å²) in [6, 6.07) is 6.96. The molecular weight excluding hydrogens is 277 g/mol. The second-order valence-corrected chi connectivity index (χ2v) is 4.60. The summed E-state index contributed by atoms with van der Waals surface area (Å²) in [5.41, 5.74) is 2.17. The Kier molecular flexibility index (Phi) is 3.85. The van der Waals surface area contributed by atoms with Crippen LogP contribution in [0.15, 0.2) is 30.5 Å². The van der Waals surface area contributed by atoms with Crippen molar-refractivity contribution in [2.24, 2.45) is 0 Å². The number of aryl methyl sites for hydroxylation is 1. The summed E-state index contributed by atoms with van der Waals surface area (Å²) in [5.74, 6) is 0. The molecule has 2 nitrogen and oxygen atoms in total. The summed E-state index contributed by atoms with van der Waals surface area (Å²) in [6.45, 7) is 0.785. The molecule has 102 valence electrons. The van der Waals surface area contributed by atoms with Gasteiger partial charge in [-0.1, -0.05) is 30.7 Å². The molecule has 0 N–H and O–H groups in total. The largest absolute Gasteiger partial charge is 0.408 e. The van der Waals surface area contributed by atoms with Gasteiger partial charge in [-0.3, -0.25) is 4.68 Å². The normalized spacial score (nSPS) is 11.8. The van der Waals surface area contributed by atoms with Gasteiger partial charge in [-0.25, -0.2) is 0 Å². The van der Waals surface area contributed by atoms with E-state index in [1.54, 1.807) is 24.3 Å². The van der Waals surface area contributed by atoms with Crippen LogP contribution in [-0.4, -0.2) is 16.0 Å². The molecule has 2 rings (SSSR count). The Morgan fingerprint density at radius 1 is 1.21 bits per heavy atom. The van der Waals surface area contributed by atoms with Gasteiger partial charge in [0.05, 0.1) is 5.69 Å². The maximum absolute atomic E-state index is 12.4. The lowest BCUT2D eigenvalue weighted by atomic mass is 10.1. The van der Waals surface area contributed by atoms with E-state index in [1.165, 1.54) is 6.20 Å². The van der Waals surface area contributed by atoms with E-state index in [1.807, 2.05) is 6.92 Å². The van der Waals surface area contributed by atoms with Gasteiger partial charge in [0, 0.05) is 16.8 Å². The van der Waals surface area contributed by atoms with Gasteiger partial charge in [0.1, 0.15) is 6.54 Å². The van der Waals surface area contributed by atoms with Gasteiger partial charge in [0.15, 0.2) is 0 Å². The molecule has 0 radical (unpaired) electrons. The highest BCUT2D eigenvalue weighted by Crippen LogP contribution is 2.26. The minimum Gasteiger partial charge on any atom is -0.263 e. The number of aromatic nitrogens is 2. The number of hydrogen-bond donors (Lipinski definition) is 0. The van der Waals surface area contributed by atoms with Crippen LogP contribution in [0.2, 0.25) is 5.02 Å². The molecule has 0 bridgehead atoms. The Balaban J connectivity index is 2.37. The van der Waals surface area contributed by atoms with Gasteiger partial charge in [-0.05, 0) is 24.1 Å². The molecular formula is C13H12ClF3N2. The first-order chi connectivity index (χ1) is 8.89. The predicted molar refractivity (Wildman–Crippen MR) is 68.1 cm³/mol. The smallest absolute Gasteiger partial charge is 0.263 e. The first-order valence-electron chi connectivity index (χ1n) is 5.78. The molecule has 0 atom stereocenters. The maximum atomic E-state index is 12.4. The van der Waals surface area contributed by atoms with Crippen molar-refractivity contribution in [1.82, 2.24) is 9.78 Å². The van der Waals surface area contributed by atoms with Crippen LogP contribution in [0, 0.1) is 0 Å². The van der Waals surface area contributed by atoms with Gasteiger partial charge in [0.2, 0.25) is 0 Å². The van der Waals surface area contributed by atoms with Crippen LogP contribution in [0.5, 0.6) is 0 Å². The minimum absolute atomic E-state index is 0.572. The number of hydrogen-bond acceptors (Lipinski definition) is 1. The number of halogens is 4. The summed E-state index contributed by atoms with van der Waals surface area (Å²) in [7, 11) is 0. The second-order valence-electron chi connectivity index (χ2n) is 4.16. The number of nitrogens with zero attached hydrogens (tertiary/aromatic N) is 2. The lowest BCUT2D eigenvalue weighted by Crippen LogP contribution is -2.18. The summed E-state index contributed by atoms with van der Waals surface area (Å²) in [4.78, 5) is 0. The Labute approximate surface area is 113 Å². The van der Waals surface area contributed by atoms with E-state index in [2.05, 4.69) is 5.10 Å². The van der Waals surface area contributed by atoms with E-state index in [9.17, 15) is 13.2 Å². The summed E-state index contributed by atoms with van der Waals surface area (Å²) < 4.78 is 38.0. The van der Waals surface area contributed by atoms with Crippen LogP contribution in [0.1, 0.15) is 12.6 Å². The third-order valence-electron chi connectivity index (χ3n) is 2.67. The van der Waals surface area contributed by atoms with Crippen molar-refractivity contribution >= 4 is 11.6 Å². The van der Waals surface area contributed by atoms with Crippen molar-refractivity contribution in [2.45, 2.75) is 26.1 Å². The van der Waals surface area contributed by atoms with E-state index in [4.69, 9.17) is 11.6 Å². The van der Waals surface area contributed by atoms with Crippen molar-refractivity contribution in [1.29, 1.82) is 0 Å². The minimum atomic E-state index is -4.27. The number of rotatable bonds is 3. The van der Waals surface area contributed by atoms with Crippen molar-refractivity contribution in [3.05, 3.63) is 41.2 Å². The molecule has 0 unspecified atom stereocenters. The maximum Gasteiger partial charge on any atom is 0.408 e. The van der Waals surface area contributed by atoms with E-state index in [0.717, 1.165) is 10.2 Å². The van der Waals surface area contributed by atoms with Crippen molar-refractivity contribution in [3.63, 3.8) is 0 Å². The van der Waals surface area contributed by atoms with Crippen LogP contribution in [0.3, 0.4) is 0 Å². The molecule has 0 amide bonds. The summed E-state index contributed by atoms with van der Waals surface area (Å²) in [6.07, 6.45) is -2.27. The Hall–Kier alpha value is -1.49. The fourth-order valence-corrected chi connectivity index (χ4v) is 1.98. The molecule has 1 heterocycles. The molecule has 2 aromatic rings. The second kappa shape index (κ2) is 5.25. The van der Waals surface area contributed by atoms with E-state index in [-0.39, 0.29) is 0 Å². The lowest BCUT2D eigenvalue weighted by molar-refractivity contribution is -0.142. The molecule has 0 saturated carbocycles. The topological polar surface area (TPSA) is 17.8 Å². The average Bonchev–Trinajstić information content (AvgIpc) is 2.70. The monoisotopic (exact) mass is 288 g/mol. The van der Waals surface area contributed by atoms with Crippen LogP contribution >= 0.6 is 11.6 Å². The molecule has 0 aliphatic carbocycles. The average molecular weight is 289 g/mol. The quantitative estimate of drug-likeness (QED) is 0.822. The third-order valence-corrected chi connectivity index (χ3v) is 2.92. The molecule has 19 heavy (non-hydrogen) atoms.